The normalized spacial score (nSPS) is 18.8. The molecule has 1 saturated heterocycles. The summed E-state index contributed by atoms with van der Waals surface area (Å²) in [4.78, 5) is 14.3. The van der Waals surface area contributed by atoms with E-state index >= 15 is 0 Å². The number of piperidine rings is 1. The molecule has 0 aromatic heterocycles. The Morgan fingerprint density at radius 3 is 2.68 bits per heavy atom. The van der Waals surface area contributed by atoms with Gasteiger partial charge >= 0.3 is 0 Å². The van der Waals surface area contributed by atoms with Crippen molar-refractivity contribution in [3.8, 4) is 0 Å². The van der Waals surface area contributed by atoms with Crippen molar-refractivity contribution >= 4 is 11.6 Å². The third kappa shape index (κ3) is 4.23. The van der Waals surface area contributed by atoms with Crippen molar-refractivity contribution < 1.29 is 4.79 Å². The largest absolute Gasteiger partial charge is 0.382 e. The summed E-state index contributed by atoms with van der Waals surface area (Å²) in [6.45, 7) is 7.83. The SMILES string of the molecule is CCC(C)C(N)C(=O)N1CCC(Nc2cccc(C)c2)CC1. The van der Waals surface area contributed by atoms with Crippen LogP contribution in [0, 0.1) is 12.8 Å². The van der Waals surface area contributed by atoms with Crippen LogP contribution in [0.4, 0.5) is 5.69 Å². The summed E-state index contributed by atoms with van der Waals surface area (Å²) in [5.74, 6) is 0.360. The number of rotatable bonds is 5. The Labute approximate surface area is 134 Å². The van der Waals surface area contributed by atoms with Gasteiger partial charge in [0.2, 0.25) is 5.91 Å². The second-order valence-corrected chi connectivity index (χ2v) is 6.52. The summed E-state index contributed by atoms with van der Waals surface area (Å²) >= 11 is 0. The highest BCUT2D eigenvalue weighted by Crippen LogP contribution is 2.19. The van der Waals surface area contributed by atoms with E-state index < -0.39 is 0 Å². The van der Waals surface area contributed by atoms with E-state index in [2.05, 4.69) is 50.4 Å². The van der Waals surface area contributed by atoms with Crippen molar-refractivity contribution in [2.75, 3.05) is 18.4 Å². The number of nitrogens with two attached hydrogens (primary N) is 1. The number of likely N-dealkylation sites (tertiary alicyclic amines) is 1. The lowest BCUT2D eigenvalue weighted by atomic mass is 9.97. The van der Waals surface area contributed by atoms with Gasteiger partial charge in [0, 0.05) is 24.8 Å². The van der Waals surface area contributed by atoms with E-state index in [9.17, 15) is 4.79 Å². The zero-order valence-electron chi connectivity index (χ0n) is 14.0. The molecule has 122 valence electrons. The Balaban J connectivity index is 1.84. The molecule has 0 bridgehead atoms. The minimum absolute atomic E-state index is 0.114. The Morgan fingerprint density at radius 1 is 1.41 bits per heavy atom. The van der Waals surface area contributed by atoms with Gasteiger partial charge in [-0.15, -0.1) is 0 Å². The highest BCUT2D eigenvalue weighted by molar-refractivity contribution is 5.82. The van der Waals surface area contributed by atoms with Crippen LogP contribution in [-0.2, 0) is 4.79 Å². The number of carbonyl (C=O) groups excluding carboxylic acids is 1. The molecule has 2 rings (SSSR count). The van der Waals surface area contributed by atoms with Gasteiger partial charge < -0.3 is 16.0 Å². The van der Waals surface area contributed by atoms with E-state index in [1.54, 1.807) is 0 Å². The standard InChI is InChI=1S/C18H29N3O/c1-4-14(3)17(19)18(22)21-10-8-15(9-11-21)20-16-7-5-6-13(2)12-16/h5-7,12,14-15,17,20H,4,8-11,19H2,1-3H3. The molecule has 1 fully saturated rings. The average molecular weight is 303 g/mol. The van der Waals surface area contributed by atoms with Crippen LogP contribution in [0.15, 0.2) is 24.3 Å². The van der Waals surface area contributed by atoms with Crippen LogP contribution in [0.3, 0.4) is 0 Å². The molecule has 4 nitrogen and oxygen atoms in total. The molecule has 1 amide bonds. The van der Waals surface area contributed by atoms with Gasteiger partial charge in [-0.05, 0) is 43.4 Å². The van der Waals surface area contributed by atoms with Gasteiger partial charge in [-0.1, -0.05) is 32.4 Å². The minimum Gasteiger partial charge on any atom is -0.382 e. The summed E-state index contributed by atoms with van der Waals surface area (Å²) in [5, 5.41) is 3.58. The number of hydrogen-bond donors (Lipinski definition) is 2. The third-order valence-corrected chi connectivity index (χ3v) is 4.74. The molecular weight excluding hydrogens is 274 g/mol. The maximum atomic E-state index is 12.4. The number of anilines is 1. The highest BCUT2D eigenvalue weighted by Gasteiger charge is 2.28. The average Bonchev–Trinajstić information content (AvgIpc) is 2.53. The summed E-state index contributed by atoms with van der Waals surface area (Å²) in [6.07, 6.45) is 2.90. The zero-order valence-corrected chi connectivity index (χ0v) is 14.0. The molecule has 1 heterocycles. The molecule has 3 N–H and O–H groups in total. The van der Waals surface area contributed by atoms with Gasteiger partial charge in [0.25, 0.3) is 0 Å². The van der Waals surface area contributed by atoms with Gasteiger partial charge in [-0.25, -0.2) is 0 Å². The molecule has 2 atom stereocenters. The molecule has 1 aromatic carbocycles. The predicted octanol–water partition coefficient (Wildman–Crippen LogP) is 2.77. The van der Waals surface area contributed by atoms with Gasteiger partial charge in [0.15, 0.2) is 0 Å². The number of benzene rings is 1. The number of aryl methyl sites for hydroxylation is 1. The lowest BCUT2D eigenvalue weighted by Gasteiger charge is -2.35. The van der Waals surface area contributed by atoms with Crippen molar-refractivity contribution in [3.63, 3.8) is 0 Å². The van der Waals surface area contributed by atoms with Gasteiger partial charge in [0.1, 0.15) is 0 Å². The molecule has 0 saturated carbocycles. The van der Waals surface area contributed by atoms with Gasteiger partial charge in [-0.2, -0.15) is 0 Å². The first-order valence-corrected chi connectivity index (χ1v) is 8.38. The Kier molecular flexibility index (Phi) is 5.83. The van der Waals surface area contributed by atoms with Crippen molar-refractivity contribution in [2.45, 2.75) is 52.1 Å². The summed E-state index contributed by atoms with van der Waals surface area (Å²) in [7, 11) is 0. The fourth-order valence-electron chi connectivity index (χ4n) is 2.92. The molecule has 0 spiro atoms. The van der Waals surface area contributed by atoms with Crippen molar-refractivity contribution in [2.24, 2.45) is 11.7 Å². The topological polar surface area (TPSA) is 58.4 Å². The number of hydrogen-bond acceptors (Lipinski definition) is 3. The van der Waals surface area contributed by atoms with E-state index in [0.29, 0.717) is 6.04 Å². The monoisotopic (exact) mass is 303 g/mol. The van der Waals surface area contributed by atoms with Gasteiger partial charge in [0.05, 0.1) is 6.04 Å². The fourth-order valence-corrected chi connectivity index (χ4v) is 2.92. The molecule has 0 radical (unpaired) electrons. The van der Waals surface area contributed by atoms with Crippen LogP contribution in [0.5, 0.6) is 0 Å². The van der Waals surface area contributed by atoms with E-state index in [-0.39, 0.29) is 17.9 Å². The molecule has 4 heteroatoms. The van der Waals surface area contributed by atoms with E-state index in [1.165, 1.54) is 11.3 Å². The number of nitrogens with one attached hydrogen (secondary N) is 1. The van der Waals surface area contributed by atoms with E-state index in [4.69, 9.17) is 5.73 Å². The zero-order chi connectivity index (χ0) is 16.1. The summed E-state index contributed by atoms with van der Waals surface area (Å²) in [5.41, 5.74) is 8.50. The lowest BCUT2D eigenvalue weighted by molar-refractivity contribution is -0.134. The second-order valence-electron chi connectivity index (χ2n) is 6.52. The highest BCUT2D eigenvalue weighted by atomic mass is 16.2. The van der Waals surface area contributed by atoms with Crippen LogP contribution >= 0.6 is 0 Å². The Bertz CT molecular complexity index is 495. The molecule has 22 heavy (non-hydrogen) atoms. The number of carbonyl (C=O) groups is 1. The van der Waals surface area contributed by atoms with Crippen LogP contribution in [0.1, 0.15) is 38.7 Å². The smallest absolute Gasteiger partial charge is 0.239 e. The maximum absolute atomic E-state index is 12.4. The van der Waals surface area contributed by atoms with Crippen LogP contribution in [0.2, 0.25) is 0 Å². The Morgan fingerprint density at radius 2 is 2.09 bits per heavy atom. The Hall–Kier alpha value is -1.55. The maximum Gasteiger partial charge on any atom is 0.239 e. The minimum atomic E-state index is -0.355. The first kappa shape index (κ1) is 16.8. The number of amides is 1. The summed E-state index contributed by atoms with van der Waals surface area (Å²) < 4.78 is 0. The van der Waals surface area contributed by atoms with E-state index in [1.807, 2.05) is 4.90 Å². The molecule has 2 unspecified atom stereocenters. The summed E-state index contributed by atoms with van der Waals surface area (Å²) in [6, 6.07) is 8.51. The quantitative estimate of drug-likeness (QED) is 0.879. The first-order valence-electron chi connectivity index (χ1n) is 8.38. The molecule has 0 aliphatic carbocycles. The van der Waals surface area contributed by atoms with Crippen LogP contribution in [0.25, 0.3) is 0 Å². The van der Waals surface area contributed by atoms with Crippen LogP contribution < -0.4 is 11.1 Å². The van der Waals surface area contributed by atoms with E-state index in [0.717, 1.165) is 32.4 Å². The lowest BCUT2D eigenvalue weighted by Crippen LogP contribution is -2.51. The van der Waals surface area contributed by atoms with Crippen molar-refractivity contribution in [1.29, 1.82) is 0 Å². The number of nitrogens with zero attached hydrogens (tertiary/aromatic N) is 1. The first-order chi connectivity index (χ1) is 10.5. The molecule has 1 aliphatic rings. The van der Waals surface area contributed by atoms with Gasteiger partial charge in [-0.3, -0.25) is 4.79 Å². The van der Waals surface area contributed by atoms with Crippen molar-refractivity contribution in [1.82, 2.24) is 4.90 Å². The second kappa shape index (κ2) is 7.63. The fraction of sp³-hybridized carbons (Fsp3) is 0.611. The molecule has 1 aliphatic heterocycles. The van der Waals surface area contributed by atoms with Crippen molar-refractivity contribution in [3.05, 3.63) is 29.8 Å². The van der Waals surface area contributed by atoms with Crippen LogP contribution in [-0.4, -0.2) is 36.0 Å². The predicted molar refractivity (Wildman–Crippen MR) is 91.8 cm³/mol. The third-order valence-electron chi connectivity index (χ3n) is 4.74. The molecule has 1 aromatic rings. The molecular formula is C18H29N3O.